The molecule has 1 unspecified atom stereocenters. The van der Waals surface area contributed by atoms with Gasteiger partial charge in [0.25, 0.3) is 0 Å². The van der Waals surface area contributed by atoms with Crippen LogP contribution >= 0.6 is 55.0 Å². The second kappa shape index (κ2) is 8.45. The highest BCUT2D eigenvalue weighted by molar-refractivity contribution is 9.15. The molecule has 4 rings (SSSR count). The first-order chi connectivity index (χ1) is 13.5. The van der Waals surface area contributed by atoms with Gasteiger partial charge in [-0.3, -0.25) is 4.79 Å². The van der Waals surface area contributed by atoms with Gasteiger partial charge in [0.2, 0.25) is 3.84 Å². The van der Waals surface area contributed by atoms with E-state index >= 15 is 0 Å². The summed E-state index contributed by atoms with van der Waals surface area (Å²) in [5.74, 6) is 1.94. The van der Waals surface area contributed by atoms with E-state index in [1.807, 2.05) is 41.1 Å². The third-order valence-electron chi connectivity index (χ3n) is 4.00. The zero-order valence-electron chi connectivity index (χ0n) is 14.4. The molecule has 0 N–H and O–H groups in total. The molecule has 0 aliphatic carbocycles. The fourth-order valence-electron chi connectivity index (χ4n) is 2.68. The van der Waals surface area contributed by atoms with Crippen LogP contribution in [0.1, 0.15) is 22.3 Å². The predicted octanol–water partition coefficient (Wildman–Crippen LogP) is 7.57. The summed E-state index contributed by atoms with van der Waals surface area (Å²) in [6.07, 6.45) is 2.73. The van der Waals surface area contributed by atoms with Crippen LogP contribution in [0.5, 0.6) is 17.2 Å². The molecule has 3 nitrogen and oxygen atoms in total. The fourth-order valence-corrected chi connectivity index (χ4v) is 6.44. The largest absolute Gasteiger partial charge is 0.465 e. The number of ether oxygens (including phenoxy) is 2. The average Bonchev–Trinajstić information content (AvgIpc) is 3.32. The van der Waals surface area contributed by atoms with Gasteiger partial charge < -0.3 is 9.47 Å². The lowest BCUT2D eigenvalue weighted by Crippen LogP contribution is -2.22. The Hall–Kier alpha value is -1.54. The number of benzene rings is 2. The summed E-state index contributed by atoms with van der Waals surface area (Å²) in [6.45, 7) is 0. The molecule has 0 saturated carbocycles. The minimum atomic E-state index is -0.611. The lowest BCUT2D eigenvalue weighted by molar-refractivity contribution is 0.103. The second-order valence-corrected chi connectivity index (χ2v) is 11.3. The van der Waals surface area contributed by atoms with E-state index in [0.717, 1.165) is 9.56 Å². The summed E-state index contributed by atoms with van der Waals surface area (Å²) in [5, 5.41) is 3.88. The van der Waals surface area contributed by atoms with Crippen molar-refractivity contribution in [2.45, 2.75) is 10.3 Å². The van der Waals surface area contributed by atoms with E-state index in [0.29, 0.717) is 29.0 Å². The van der Waals surface area contributed by atoms with Crippen molar-refractivity contribution >= 4 is 60.7 Å². The molecule has 7 heteroatoms. The summed E-state index contributed by atoms with van der Waals surface area (Å²) >= 11 is 10.2. The van der Waals surface area contributed by atoms with Gasteiger partial charge in [0.05, 0.1) is 9.38 Å². The molecular weight excluding hydrogens is 524 g/mol. The Labute approximate surface area is 188 Å². The monoisotopic (exact) mass is 536 g/mol. The van der Waals surface area contributed by atoms with E-state index < -0.39 is 3.84 Å². The molecule has 2 heterocycles. The van der Waals surface area contributed by atoms with E-state index in [1.54, 1.807) is 41.7 Å². The number of hydrogen-bond donors (Lipinski definition) is 0. The molecule has 1 aliphatic rings. The molecule has 3 aromatic rings. The molecular formula is C21H14Br2O3S2. The van der Waals surface area contributed by atoms with E-state index in [2.05, 4.69) is 31.9 Å². The molecule has 2 aromatic carbocycles. The number of para-hydroxylation sites is 1. The third kappa shape index (κ3) is 4.54. The first kappa shape index (κ1) is 19.8. The maximum atomic E-state index is 13.1. The van der Waals surface area contributed by atoms with Gasteiger partial charge in [-0.25, -0.2) is 0 Å². The maximum Gasteiger partial charge on any atom is 0.218 e. The Morgan fingerprint density at radius 2 is 1.82 bits per heavy atom. The van der Waals surface area contributed by atoms with Gasteiger partial charge in [-0.05, 0) is 79.7 Å². The van der Waals surface area contributed by atoms with Gasteiger partial charge in [0, 0.05) is 17.4 Å². The Bertz CT molecular complexity index is 1020. The number of carbonyl (C=O) groups excluding carboxylic acids is 1. The summed E-state index contributed by atoms with van der Waals surface area (Å²) < 4.78 is 12.3. The normalized spacial score (nSPS) is 18.6. The summed E-state index contributed by atoms with van der Waals surface area (Å²) in [5.41, 5.74) is 1.10. The van der Waals surface area contributed by atoms with Crippen molar-refractivity contribution in [2.75, 3.05) is 0 Å². The number of thiophene rings is 1. The molecule has 1 aromatic heterocycles. The Morgan fingerprint density at radius 1 is 1.04 bits per heavy atom. The number of carbonyl (C=O) groups is 1. The first-order valence-electron chi connectivity index (χ1n) is 8.39. The molecule has 28 heavy (non-hydrogen) atoms. The van der Waals surface area contributed by atoms with Gasteiger partial charge in [-0.15, -0.1) is 11.3 Å². The van der Waals surface area contributed by atoms with Crippen LogP contribution in [0.25, 0.3) is 0 Å². The third-order valence-corrected chi connectivity index (χ3v) is 7.36. The van der Waals surface area contributed by atoms with Crippen LogP contribution in [0.3, 0.4) is 0 Å². The zero-order valence-corrected chi connectivity index (χ0v) is 19.2. The van der Waals surface area contributed by atoms with Crippen molar-refractivity contribution in [1.82, 2.24) is 0 Å². The molecule has 0 saturated heterocycles. The van der Waals surface area contributed by atoms with Gasteiger partial charge in [-0.2, -0.15) is 0 Å². The molecule has 142 valence electrons. The molecule has 0 bridgehead atoms. The van der Waals surface area contributed by atoms with Crippen LogP contribution in [-0.2, 0) is 0 Å². The molecule has 1 atom stereocenters. The number of rotatable bonds is 6. The minimum absolute atomic E-state index is 0.0937. The molecule has 0 spiro atoms. The summed E-state index contributed by atoms with van der Waals surface area (Å²) in [6, 6.07) is 16.3. The van der Waals surface area contributed by atoms with Crippen LogP contribution in [-0.4, -0.2) is 9.63 Å². The quantitative estimate of drug-likeness (QED) is 0.240. The molecule has 0 fully saturated rings. The summed E-state index contributed by atoms with van der Waals surface area (Å²) in [7, 11) is 0. The highest BCUT2D eigenvalue weighted by atomic mass is 79.9. The molecule has 0 amide bonds. The van der Waals surface area contributed by atoms with Crippen molar-refractivity contribution < 1.29 is 14.3 Å². The second-order valence-electron chi connectivity index (χ2n) is 5.99. The average molecular weight is 538 g/mol. The topological polar surface area (TPSA) is 35.5 Å². The highest BCUT2D eigenvalue weighted by Crippen LogP contribution is 2.50. The van der Waals surface area contributed by atoms with E-state index in [1.165, 1.54) is 11.8 Å². The summed E-state index contributed by atoms with van der Waals surface area (Å²) in [4.78, 5) is 13.1. The fraction of sp³-hybridized carbons (Fsp3) is 0.0952. The van der Waals surface area contributed by atoms with Crippen LogP contribution < -0.4 is 9.47 Å². The standard InChI is InChI=1S/C21H14Br2O3S2/c22-19-9-11-21(23,28-19)26-18-4-2-1-3-17(18)20(24)14-5-7-15(8-6-14)25-16-10-12-27-13-16/h1-10,12-13H,11H2. The van der Waals surface area contributed by atoms with Crippen molar-refractivity contribution in [3.05, 3.63) is 86.4 Å². The van der Waals surface area contributed by atoms with Gasteiger partial charge in [0.1, 0.15) is 17.2 Å². The number of thioether (sulfide) groups is 1. The lowest BCUT2D eigenvalue weighted by atomic mass is 10.0. The molecule has 0 radical (unpaired) electrons. The van der Waals surface area contributed by atoms with E-state index in [-0.39, 0.29) is 5.78 Å². The van der Waals surface area contributed by atoms with Gasteiger partial charge in [-0.1, -0.05) is 30.0 Å². The number of halogens is 2. The zero-order chi connectivity index (χ0) is 19.6. The number of hydrogen-bond acceptors (Lipinski definition) is 5. The smallest absolute Gasteiger partial charge is 0.218 e. The van der Waals surface area contributed by atoms with Crippen molar-refractivity contribution in [1.29, 1.82) is 0 Å². The lowest BCUT2D eigenvalue weighted by Gasteiger charge is -2.24. The first-order valence-corrected chi connectivity index (χ1v) is 11.7. The number of alkyl halides is 1. The SMILES string of the molecule is O=C(c1ccc(Oc2ccsc2)cc1)c1ccccc1OC1(Br)CC=C(Br)S1. The highest BCUT2D eigenvalue weighted by Gasteiger charge is 2.35. The van der Waals surface area contributed by atoms with Gasteiger partial charge >= 0.3 is 0 Å². The predicted molar refractivity (Wildman–Crippen MR) is 122 cm³/mol. The van der Waals surface area contributed by atoms with E-state index in [9.17, 15) is 4.79 Å². The van der Waals surface area contributed by atoms with Crippen molar-refractivity contribution in [3.8, 4) is 17.2 Å². The Kier molecular flexibility index (Phi) is 5.96. The van der Waals surface area contributed by atoms with Crippen molar-refractivity contribution in [3.63, 3.8) is 0 Å². The van der Waals surface area contributed by atoms with Crippen LogP contribution in [0, 0.1) is 0 Å². The van der Waals surface area contributed by atoms with Crippen LogP contribution in [0.2, 0.25) is 0 Å². The van der Waals surface area contributed by atoms with E-state index in [4.69, 9.17) is 9.47 Å². The number of ketones is 1. The maximum absolute atomic E-state index is 13.1. The van der Waals surface area contributed by atoms with Crippen molar-refractivity contribution in [2.24, 2.45) is 0 Å². The molecule has 1 aliphatic heterocycles. The minimum Gasteiger partial charge on any atom is -0.465 e. The van der Waals surface area contributed by atoms with Crippen LogP contribution in [0.15, 0.2) is 75.2 Å². The Morgan fingerprint density at radius 3 is 2.50 bits per heavy atom. The van der Waals surface area contributed by atoms with Crippen LogP contribution in [0.4, 0.5) is 0 Å². The Balaban J connectivity index is 1.53. The van der Waals surface area contributed by atoms with Gasteiger partial charge in [0.15, 0.2) is 5.78 Å².